The van der Waals surface area contributed by atoms with E-state index in [0.717, 1.165) is 11.4 Å². The van der Waals surface area contributed by atoms with Gasteiger partial charge in [-0.05, 0) is 26.8 Å². The van der Waals surface area contributed by atoms with Crippen LogP contribution >= 0.6 is 0 Å². The zero-order valence-electron chi connectivity index (χ0n) is 12.5. The van der Waals surface area contributed by atoms with Crippen molar-refractivity contribution in [1.82, 2.24) is 14.8 Å². The van der Waals surface area contributed by atoms with Crippen LogP contribution in [-0.4, -0.2) is 27.3 Å². The molecule has 0 aliphatic heterocycles. The number of hydrogen-bond acceptors (Lipinski definition) is 6. The van der Waals surface area contributed by atoms with Crippen LogP contribution in [0.5, 0.6) is 11.6 Å². The summed E-state index contributed by atoms with van der Waals surface area (Å²) in [6.07, 6.45) is 1.46. The molecule has 21 heavy (non-hydrogen) atoms. The fraction of sp³-hybridized carbons (Fsp3) is 0.357. The van der Waals surface area contributed by atoms with Gasteiger partial charge in [-0.3, -0.25) is 4.68 Å². The van der Waals surface area contributed by atoms with Crippen molar-refractivity contribution in [3.05, 3.63) is 29.2 Å². The standard InChI is InChI=1S/C14H18N4O3/c1-5-20-14(19)10-6-7-16-13(11(10)15)21-12-8(2)17-18(4)9(12)3/h6-7H,5,15H2,1-4H3. The second kappa shape index (κ2) is 5.82. The molecule has 0 fully saturated rings. The van der Waals surface area contributed by atoms with E-state index in [-0.39, 0.29) is 23.7 Å². The third-order valence-electron chi connectivity index (χ3n) is 3.09. The van der Waals surface area contributed by atoms with Crippen molar-refractivity contribution in [2.24, 2.45) is 7.05 Å². The highest BCUT2D eigenvalue weighted by Gasteiger charge is 2.18. The summed E-state index contributed by atoms with van der Waals surface area (Å²) in [6, 6.07) is 1.50. The van der Waals surface area contributed by atoms with Crippen LogP contribution < -0.4 is 10.5 Å². The van der Waals surface area contributed by atoms with Crippen molar-refractivity contribution in [3.8, 4) is 11.6 Å². The Hall–Kier alpha value is -2.57. The molecule has 2 heterocycles. The Morgan fingerprint density at radius 2 is 2.14 bits per heavy atom. The van der Waals surface area contributed by atoms with E-state index in [2.05, 4.69) is 10.1 Å². The SMILES string of the molecule is CCOC(=O)c1ccnc(Oc2c(C)nn(C)c2C)c1N. The molecule has 0 saturated carbocycles. The lowest BCUT2D eigenvalue weighted by Gasteiger charge is -2.10. The Kier molecular flexibility index (Phi) is 4.11. The average Bonchev–Trinajstić information content (AvgIpc) is 2.67. The molecule has 2 aromatic rings. The number of carbonyl (C=O) groups is 1. The molecule has 0 aliphatic rings. The van der Waals surface area contributed by atoms with E-state index < -0.39 is 5.97 Å². The molecule has 0 unspecified atom stereocenters. The smallest absolute Gasteiger partial charge is 0.340 e. The van der Waals surface area contributed by atoms with Crippen molar-refractivity contribution >= 4 is 11.7 Å². The number of nitrogens with two attached hydrogens (primary N) is 1. The van der Waals surface area contributed by atoms with Gasteiger partial charge < -0.3 is 15.2 Å². The second-order valence-electron chi connectivity index (χ2n) is 4.52. The summed E-state index contributed by atoms with van der Waals surface area (Å²) in [5, 5.41) is 4.25. The van der Waals surface area contributed by atoms with Crippen molar-refractivity contribution in [2.45, 2.75) is 20.8 Å². The van der Waals surface area contributed by atoms with Gasteiger partial charge in [0.05, 0.1) is 17.9 Å². The number of anilines is 1. The van der Waals surface area contributed by atoms with Crippen LogP contribution in [0.3, 0.4) is 0 Å². The molecule has 0 saturated heterocycles. The molecule has 2 aromatic heterocycles. The van der Waals surface area contributed by atoms with Crippen LogP contribution in [0.2, 0.25) is 0 Å². The molecule has 112 valence electrons. The highest BCUT2D eigenvalue weighted by molar-refractivity contribution is 5.96. The first-order valence-electron chi connectivity index (χ1n) is 6.55. The molecule has 0 amide bonds. The Morgan fingerprint density at radius 1 is 1.43 bits per heavy atom. The van der Waals surface area contributed by atoms with Gasteiger partial charge in [-0.2, -0.15) is 5.10 Å². The van der Waals surface area contributed by atoms with Gasteiger partial charge in [0.15, 0.2) is 5.75 Å². The molecule has 2 rings (SSSR count). The Balaban J connectivity index is 2.37. The Bertz CT molecular complexity index is 679. The molecule has 0 aromatic carbocycles. The molecule has 7 heteroatoms. The van der Waals surface area contributed by atoms with Crippen molar-refractivity contribution in [1.29, 1.82) is 0 Å². The highest BCUT2D eigenvalue weighted by atomic mass is 16.5. The molecule has 0 aliphatic carbocycles. The maximum absolute atomic E-state index is 11.8. The third kappa shape index (κ3) is 2.81. The number of pyridine rings is 1. The number of aromatic nitrogens is 3. The first-order valence-corrected chi connectivity index (χ1v) is 6.55. The van der Waals surface area contributed by atoms with Gasteiger partial charge in [-0.15, -0.1) is 0 Å². The average molecular weight is 290 g/mol. The van der Waals surface area contributed by atoms with Gasteiger partial charge >= 0.3 is 5.97 Å². The van der Waals surface area contributed by atoms with Crippen LogP contribution in [-0.2, 0) is 11.8 Å². The number of aryl methyl sites for hydroxylation is 2. The van der Waals surface area contributed by atoms with Crippen LogP contribution in [0, 0.1) is 13.8 Å². The van der Waals surface area contributed by atoms with Crippen LogP contribution in [0.25, 0.3) is 0 Å². The number of rotatable bonds is 4. The van der Waals surface area contributed by atoms with E-state index in [1.807, 2.05) is 20.9 Å². The quantitative estimate of drug-likeness (QED) is 0.866. The van der Waals surface area contributed by atoms with Crippen LogP contribution in [0.1, 0.15) is 28.7 Å². The third-order valence-corrected chi connectivity index (χ3v) is 3.09. The minimum absolute atomic E-state index is 0.151. The minimum Gasteiger partial charge on any atom is -0.462 e. The summed E-state index contributed by atoms with van der Waals surface area (Å²) in [7, 11) is 1.82. The molecule has 0 radical (unpaired) electrons. The zero-order valence-corrected chi connectivity index (χ0v) is 12.5. The minimum atomic E-state index is -0.498. The Labute approximate surface area is 122 Å². The van der Waals surface area contributed by atoms with E-state index in [0.29, 0.717) is 5.75 Å². The first kappa shape index (κ1) is 14.8. The molecule has 0 atom stereocenters. The summed E-state index contributed by atoms with van der Waals surface area (Å²) in [5.41, 5.74) is 7.91. The van der Waals surface area contributed by atoms with Crippen molar-refractivity contribution in [3.63, 3.8) is 0 Å². The van der Waals surface area contributed by atoms with Gasteiger partial charge in [0.1, 0.15) is 11.4 Å². The van der Waals surface area contributed by atoms with Gasteiger partial charge in [-0.25, -0.2) is 9.78 Å². The highest BCUT2D eigenvalue weighted by Crippen LogP contribution is 2.31. The topological polar surface area (TPSA) is 92.3 Å². The van der Waals surface area contributed by atoms with E-state index >= 15 is 0 Å². The predicted octanol–water partition coefficient (Wildman–Crippen LogP) is 1.98. The van der Waals surface area contributed by atoms with Gasteiger partial charge in [0, 0.05) is 13.2 Å². The first-order chi connectivity index (χ1) is 9.95. The zero-order chi connectivity index (χ0) is 15.6. The number of hydrogen-bond donors (Lipinski definition) is 1. The molecule has 0 spiro atoms. The van der Waals surface area contributed by atoms with E-state index in [1.54, 1.807) is 11.6 Å². The predicted molar refractivity (Wildman–Crippen MR) is 77.4 cm³/mol. The maximum atomic E-state index is 11.8. The molecular weight excluding hydrogens is 272 g/mol. The van der Waals surface area contributed by atoms with Gasteiger partial charge in [0.25, 0.3) is 0 Å². The molecule has 2 N–H and O–H groups in total. The van der Waals surface area contributed by atoms with E-state index in [9.17, 15) is 4.79 Å². The van der Waals surface area contributed by atoms with Crippen molar-refractivity contribution < 1.29 is 14.3 Å². The maximum Gasteiger partial charge on any atom is 0.340 e. The van der Waals surface area contributed by atoms with Gasteiger partial charge in [-0.1, -0.05) is 0 Å². The van der Waals surface area contributed by atoms with Crippen LogP contribution in [0.15, 0.2) is 12.3 Å². The largest absolute Gasteiger partial charge is 0.462 e. The molecular formula is C14H18N4O3. The number of esters is 1. The summed E-state index contributed by atoms with van der Waals surface area (Å²) >= 11 is 0. The van der Waals surface area contributed by atoms with E-state index in [1.165, 1.54) is 12.3 Å². The second-order valence-corrected chi connectivity index (χ2v) is 4.52. The summed E-state index contributed by atoms with van der Waals surface area (Å²) in [5.74, 6) is 0.249. The number of ether oxygens (including phenoxy) is 2. The fourth-order valence-electron chi connectivity index (χ4n) is 1.92. The fourth-order valence-corrected chi connectivity index (χ4v) is 1.92. The number of nitrogen functional groups attached to an aromatic ring is 1. The lowest BCUT2D eigenvalue weighted by atomic mass is 10.2. The summed E-state index contributed by atoms with van der Waals surface area (Å²) in [4.78, 5) is 15.9. The normalized spacial score (nSPS) is 10.5. The summed E-state index contributed by atoms with van der Waals surface area (Å²) < 4.78 is 12.4. The monoisotopic (exact) mass is 290 g/mol. The number of nitrogens with zero attached hydrogens (tertiary/aromatic N) is 3. The van der Waals surface area contributed by atoms with E-state index in [4.69, 9.17) is 15.2 Å². The van der Waals surface area contributed by atoms with Gasteiger partial charge in [0.2, 0.25) is 5.88 Å². The number of carbonyl (C=O) groups excluding carboxylic acids is 1. The molecule has 0 bridgehead atoms. The summed E-state index contributed by atoms with van der Waals surface area (Å²) in [6.45, 7) is 5.71. The lowest BCUT2D eigenvalue weighted by Crippen LogP contribution is -2.09. The Morgan fingerprint density at radius 3 is 2.71 bits per heavy atom. The lowest BCUT2D eigenvalue weighted by molar-refractivity contribution is 0.0527. The molecule has 7 nitrogen and oxygen atoms in total. The van der Waals surface area contributed by atoms with Crippen LogP contribution in [0.4, 0.5) is 5.69 Å². The van der Waals surface area contributed by atoms with Crippen molar-refractivity contribution in [2.75, 3.05) is 12.3 Å².